The van der Waals surface area contributed by atoms with Gasteiger partial charge in [-0.15, -0.1) is 0 Å². The van der Waals surface area contributed by atoms with Gasteiger partial charge in [0.1, 0.15) is 5.69 Å². The summed E-state index contributed by atoms with van der Waals surface area (Å²) in [5.41, 5.74) is 5.21. The van der Waals surface area contributed by atoms with Gasteiger partial charge >= 0.3 is 0 Å². The number of rotatable bonds is 2. The molecule has 1 N–H and O–H groups in total. The van der Waals surface area contributed by atoms with Crippen molar-refractivity contribution in [2.45, 2.75) is 6.92 Å². The molecule has 0 aliphatic heterocycles. The van der Waals surface area contributed by atoms with Crippen LogP contribution in [0.3, 0.4) is 0 Å². The lowest BCUT2D eigenvalue weighted by Crippen LogP contribution is -1.84. The summed E-state index contributed by atoms with van der Waals surface area (Å²) >= 11 is 5.94. The summed E-state index contributed by atoms with van der Waals surface area (Å²) in [6.45, 7) is 2.02. The lowest BCUT2D eigenvalue weighted by Gasteiger charge is -2.04. The summed E-state index contributed by atoms with van der Waals surface area (Å²) < 4.78 is 0. The monoisotopic (exact) mass is 269 g/mol. The highest BCUT2D eigenvalue weighted by Gasteiger charge is 2.13. The van der Waals surface area contributed by atoms with Crippen molar-refractivity contribution in [3.8, 4) is 22.4 Å². The van der Waals surface area contributed by atoms with Crippen molar-refractivity contribution in [1.82, 2.24) is 15.2 Å². The summed E-state index contributed by atoms with van der Waals surface area (Å²) in [6.07, 6.45) is 3.54. The third-order valence-corrected chi connectivity index (χ3v) is 3.29. The molecular weight excluding hydrogens is 258 g/mol. The molecule has 19 heavy (non-hydrogen) atoms. The third kappa shape index (κ3) is 2.25. The highest BCUT2D eigenvalue weighted by molar-refractivity contribution is 6.30. The number of hydrogen-bond donors (Lipinski definition) is 1. The molecule has 3 rings (SSSR count). The van der Waals surface area contributed by atoms with E-state index in [0.717, 1.165) is 33.1 Å². The number of aromatic nitrogens is 3. The molecule has 0 aliphatic carbocycles. The van der Waals surface area contributed by atoms with Crippen LogP contribution in [0.4, 0.5) is 0 Å². The van der Waals surface area contributed by atoms with Crippen LogP contribution in [0.5, 0.6) is 0 Å². The predicted molar refractivity (Wildman–Crippen MR) is 77.0 cm³/mol. The molecule has 0 bridgehead atoms. The fourth-order valence-corrected chi connectivity index (χ4v) is 2.24. The number of nitrogens with zero attached hydrogens (tertiary/aromatic N) is 2. The van der Waals surface area contributed by atoms with Crippen molar-refractivity contribution >= 4 is 11.6 Å². The summed E-state index contributed by atoms with van der Waals surface area (Å²) in [7, 11) is 0. The molecule has 3 nitrogen and oxygen atoms in total. The topological polar surface area (TPSA) is 41.6 Å². The minimum atomic E-state index is 0.732. The smallest absolute Gasteiger partial charge is 0.100 e. The first kappa shape index (κ1) is 11.9. The van der Waals surface area contributed by atoms with Crippen LogP contribution in [0.1, 0.15) is 5.69 Å². The number of benzene rings is 1. The zero-order valence-electron chi connectivity index (χ0n) is 10.4. The first-order valence-electron chi connectivity index (χ1n) is 5.97. The van der Waals surface area contributed by atoms with Crippen molar-refractivity contribution in [1.29, 1.82) is 0 Å². The highest BCUT2D eigenvalue weighted by atomic mass is 35.5. The predicted octanol–water partition coefficient (Wildman–Crippen LogP) is 4.10. The number of hydrogen-bond acceptors (Lipinski definition) is 2. The standard InChI is InChI=1S/C15H12ClN3/c1-10-14(11-2-4-13(16)5-3-11)15(19-18-10)12-6-8-17-9-7-12/h2-9H,1H3,(H,18,19). The Kier molecular flexibility index (Phi) is 3.05. The first-order valence-corrected chi connectivity index (χ1v) is 6.35. The summed E-state index contributed by atoms with van der Waals surface area (Å²) in [4.78, 5) is 4.04. The van der Waals surface area contributed by atoms with Crippen molar-refractivity contribution in [2.24, 2.45) is 0 Å². The van der Waals surface area contributed by atoms with Gasteiger partial charge in [0, 0.05) is 34.2 Å². The molecule has 0 fully saturated rings. The average molecular weight is 270 g/mol. The van der Waals surface area contributed by atoms with Crippen molar-refractivity contribution in [3.63, 3.8) is 0 Å². The van der Waals surface area contributed by atoms with E-state index in [1.165, 1.54) is 0 Å². The molecule has 3 aromatic rings. The van der Waals surface area contributed by atoms with E-state index in [4.69, 9.17) is 11.6 Å². The SMILES string of the molecule is Cc1[nH]nc(-c2ccncc2)c1-c1ccc(Cl)cc1. The van der Waals surface area contributed by atoms with Crippen molar-refractivity contribution in [2.75, 3.05) is 0 Å². The Morgan fingerprint density at radius 3 is 2.32 bits per heavy atom. The molecule has 0 saturated heterocycles. The zero-order valence-corrected chi connectivity index (χ0v) is 11.1. The van der Waals surface area contributed by atoms with Crippen LogP contribution in [0, 0.1) is 6.92 Å². The average Bonchev–Trinajstić information content (AvgIpc) is 2.83. The van der Waals surface area contributed by atoms with Crippen LogP contribution in [-0.2, 0) is 0 Å². The molecule has 0 spiro atoms. The Balaban J connectivity index is 2.17. The largest absolute Gasteiger partial charge is 0.282 e. The van der Waals surface area contributed by atoms with Gasteiger partial charge in [0.2, 0.25) is 0 Å². The Labute approximate surface area is 116 Å². The molecule has 0 radical (unpaired) electrons. The minimum absolute atomic E-state index is 0.732. The molecule has 4 heteroatoms. The van der Waals surface area contributed by atoms with Crippen LogP contribution in [0.2, 0.25) is 5.02 Å². The van der Waals surface area contributed by atoms with Gasteiger partial charge in [-0.25, -0.2) is 0 Å². The quantitative estimate of drug-likeness (QED) is 0.761. The molecule has 0 amide bonds. The van der Waals surface area contributed by atoms with E-state index in [1.54, 1.807) is 12.4 Å². The number of pyridine rings is 1. The molecule has 1 aromatic carbocycles. The third-order valence-electron chi connectivity index (χ3n) is 3.03. The molecule has 0 saturated carbocycles. The normalized spacial score (nSPS) is 10.6. The lowest BCUT2D eigenvalue weighted by molar-refractivity contribution is 1.05. The molecule has 0 atom stereocenters. The number of nitrogens with one attached hydrogen (secondary N) is 1. The maximum Gasteiger partial charge on any atom is 0.100 e. The number of aryl methyl sites for hydroxylation is 1. The Hall–Kier alpha value is -2.13. The van der Waals surface area contributed by atoms with Gasteiger partial charge in [0.05, 0.1) is 0 Å². The van der Waals surface area contributed by atoms with Crippen molar-refractivity contribution < 1.29 is 0 Å². The second-order valence-corrected chi connectivity index (χ2v) is 4.75. The van der Waals surface area contributed by atoms with Gasteiger partial charge in [0.25, 0.3) is 0 Å². The molecule has 0 aliphatic rings. The van der Waals surface area contributed by atoms with E-state index in [9.17, 15) is 0 Å². The summed E-state index contributed by atoms with van der Waals surface area (Å²) in [6, 6.07) is 11.7. The maximum absolute atomic E-state index is 5.94. The van der Waals surface area contributed by atoms with Crippen LogP contribution in [0.25, 0.3) is 22.4 Å². The minimum Gasteiger partial charge on any atom is -0.282 e. The Morgan fingerprint density at radius 2 is 1.63 bits per heavy atom. The molecule has 0 unspecified atom stereocenters. The molecular formula is C15H12ClN3. The highest BCUT2D eigenvalue weighted by Crippen LogP contribution is 2.33. The van der Waals surface area contributed by atoms with Gasteiger partial charge in [-0.1, -0.05) is 23.7 Å². The van der Waals surface area contributed by atoms with E-state index in [-0.39, 0.29) is 0 Å². The van der Waals surface area contributed by atoms with Gasteiger partial charge in [-0.3, -0.25) is 10.1 Å². The number of halogens is 1. The van der Waals surface area contributed by atoms with Gasteiger partial charge in [0.15, 0.2) is 0 Å². The summed E-state index contributed by atoms with van der Waals surface area (Å²) in [5, 5.41) is 8.18. The Morgan fingerprint density at radius 1 is 0.947 bits per heavy atom. The second-order valence-electron chi connectivity index (χ2n) is 4.31. The van der Waals surface area contributed by atoms with Gasteiger partial charge in [-0.05, 0) is 36.8 Å². The molecule has 2 aromatic heterocycles. The number of H-pyrrole nitrogens is 1. The Bertz CT molecular complexity index is 687. The summed E-state index contributed by atoms with van der Waals surface area (Å²) in [5.74, 6) is 0. The molecule has 2 heterocycles. The van der Waals surface area contributed by atoms with E-state index >= 15 is 0 Å². The van der Waals surface area contributed by atoms with Crippen LogP contribution >= 0.6 is 11.6 Å². The van der Waals surface area contributed by atoms with E-state index in [0.29, 0.717) is 0 Å². The first-order chi connectivity index (χ1) is 9.25. The van der Waals surface area contributed by atoms with E-state index in [1.807, 2.05) is 43.3 Å². The lowest BCUT2D eigenvalue weighted by atomic mass is 10.00. The van der Waals surface area contributed by atoms with Crippen LogP contribution < -0.4 is 0 Å². The van der Waals surface area contributed by atoms with E-state index < -0.39 is 0 Å². The van der Waals surface area contributed by atoms with Crippen molar-refractivity contribution in [3.05, 3.63) is 59.5 Å². The number of aromatic amines is 1. The van der Waals surface area contributed by atoms with E-state index in [2.05, 4.69) is 15.2 Å². The van der Waals surface area contributed by atoms with Crippen LogP contribution in [0.15, 0.2) is 48.8 Å². The fraction of sp³-hybridized carbons (Fsp3) is 0.0667. The second kappa shape index (κ2) is 4.86. The van der Waals surface area contributed by atoms with Gasteiger partial charge < -0.3 is 0 Å². The van der Waals surface area contributed by atoms with Gasteiger partial charge in [-0.2, -0.15) is 5.10 Å². The fourth-order valence-electron chi connectivity index (χ4n) is 2.12. The molecule has 94 valence electrons. The zero-order chi connectivity index (χ0) is 13.2. The van der Waals surface area contributed by atoms with Crippen LogP contribution in [-0.4, -0.2) is 15.2 Å². The maximum atomic E-state index is 5.94.